The van der Waals surface area contributed by atoms with Gasteiger partial charge in [0.25, 0.3) is 0 Å². The zero-order valence-electron chi connectivity index (χ0n) is 14.8. The van der Waals surface area contributed by atoms with Gasteiger partial charge in [0.2, 0.25) is 15.9 Å². The number of sulfonamides is 1. The van der Waals surface area contributed by atoms with E-state index in [0.29, 0.717) is 19.0 Å². The van der Waals surface area contributed by atoms with Crippen molar-refractivity contribution in [1.82, 2.24) is 10.0 Å². The molecule has 0 aliphatic heterocycles. The van der Waals surface area contributed by atoms with Gasteiger partial charge in [-0.2, -0.15) is 0 Å². The van der Waals surface area contributed by atoms with E-state index in [4.69, 9.17) is 0 Å². The molecule has 0 fully saturated rings. The molecule has 0 aliphatic rings. The van der Waals surface area contributed by atoms with Crippen LogP contribution in [-0.2, 0) is 14.8 Å². The first-order valence-corrected chi connectivity index (χ1v) is 10.8. The fraction of sp³-hybridized carbons (Fsp3) is 0.278. The van der Waals surface area contributed by atoms with E-state index < -0.39 is 26.6 Å². The average Bonchev–Trinajstić information content (AvgIpc) is 2.65. The van der Waals surface area contributed by atoms with Gasteiger partial charge in [0.15, 0.2) is 11.6 Å². The van der Waals surface area contributed by atoms with E-state index in [9.17, 15) is 26.4 Å². The predicted molar refractivity (Wildman–Crippen MR) is 101 cm³/mol. The van der Waals surface area contributed by atoms with E-state index in [0.717, 1.165) is 22.8 Å². The molecule has 0 spiro atoms. The van der Waals surface area contributed by atoms with Gasteiger partial charge in [-0.15, -0.1) is 11.8 Å². The molecule has 0 saturated heterocycles. The maximum atomic E-state index is 13.1. The van der Waals surface area contributed by atoms with Gasteiger partial charge in [-0.1, -0.05) is 0 Å². The van der Waals surface area contributed by atoms with Crippen molar-refractivity contribution in [2.45, 2.75) is 22.6 Å². The van der Waals surface area contributed by atoms with Crippen LogP contribution >= 0.6 is 11.8 Å². The average molecular weight is 432 g/mol. The van der Waals surface area contributed by atoms with Crippen molar-refractivity contribution in [3.8, 4) is 0 Å². The smallest absolute Gasteiger partial charge is 0.240 e. The topological polar surface area (TPSA) is 75.3 Å². The molecule has 28 heavy (non-hydrogen) atoms. The van der Waals surface area contributed by atoms with Gasteiger partial charge in [-0.05, 0) is 54.6 Å². The molecule has 0 saturated carbocycles. The molecule has 2 N–H and O–H groups in total. The number of halogens is 3. The Hall–Kier alpha value is -2.04. The summed E-state index contributed by atoms with van der Waals surface area (Å²) in [6, 6.07) is 8.36. The van der Waals surface area contributed by atoms with E-state index in [1.165, 1.54) is 23.9 Å². The lowest BCUT2D eigenvalue weighted by atomic mass is 10.3. The number of rotatable bonds is 10. The Morgan fingerprint density at radius 1 is 0.964 bits per heavy atom. The summed E-state index contributed by atoms with van der Waals surface area (Å²) in [5.74, 6) is -2.30. The SMILES string of the molecule is O=C(CCNS(=O)(=O)c1ccc(F)c(F)c1)NCCCSc1ccc(F)cc1. The third-order valence-corrected chi connectivity index (χ3v) is 6.13. The molecule has 0 unspecified atom stereocenters. The van der Waals surface area contributed by atoms with Crippen LogP contribution in [0.5, 0.6) is 0 Å². The molecule has 2 rings (SSSR count). The molecule has 5 nitrogen and oxygen atoms in total. The van der Waals surface area contributed by atoms with Crippen molar-refractivity contribution in [1.29, 1.82) is 0 Å². The third-order valence-electron chi connectivity index (χ3n) is 3.57. The Morgan fingerprint density at radius 2 is 1.68 bits per heavy atom. The van der Waals surface area contributed by atoms with Crippen molar-refractivity contribution in [2.75, 3.05) is 18.8 Å². The molecule has 0 bridgehead atoms. The number of hydrogen-bond donors (Lipinski definition) is 2. The fourth-order valence-electron chi connectivity index (χ4n) is 2.14. The van der Waals surface area contributed by atoms with Crippen molar-refractivity contribution in [3.05, 3.63) is 59.9 Å². The zero-order chi connectivity index (χ0) is 20.6. The molecular formula is C18H19F3N2O3S2. The Balaban J connectivity index is 1.64. The first-order valence-electron chi connectivity index (χ1n) is 8.38. The molecule has 1 amide bonds. The molecular weight excluding hydrogens is 413 g/mol. The standard InChI is InChI=1S/C18H19F3N2O3S2/c19-13-2-4-14(5-3-13)27-11-1-9-22-18(24)8-10-23-28(25,26)15-6-7-16(20)17(21)12-15/h2-7,12,23H,1,8-11H2,(H,22,24). The highest BCUT2D eigenvalue weighted by atomic mass is 32.2. The maximum Gasteiger partial charge on any atom is 0.240 e. The minimum absolute atomic E-state index is 0.0893. The normalized spacial score (nSPS) is 11.4. The summed E-state index contributed by atoms with van der Waals surface area (Å²) in [4.78, 5) is 12.2. The van der Waals surface area contributed by atoms with E-state index in [2.05, 4.69) is 10.0 Å². The minimum atomic E-state index is -4.02. The fourth-order valence-corrected chi connectivity index (χ4v) is 4.03. The summed E-state index contributed by atoms with van der Waals surface area (Å²) in [5.41, 5.74) is 0. The van der Waals surface area contributed by atoms with Crippen LogP contribution in [0.2, 0.25) is 0 Å². The Kier molecular flexibility index (Phi) is 8.34. The number of hydrogen-bond acceptors (Lipinski definition) is 4. The molecule has 2 aromatic rings. The van der Waals surface area contributed by atoms with Crippen LogP contribution in [-0.4, -0.2) is 33.2 Å². The number of benzene rings is 2. The lowest BCUT2D eigenvalue weighted by molar-refractivity contribution is -0.120. The van der Waals surface area contributed by atoms with Crippen molar-refractivity contribution < 1.29 is 26.4 Å². The van der Waals surface area contributed by atoms with Crippen LogP contribution in [0.1, 0.15) is 12.8 Å². The van der Waals surface area contributed by atoms with Crippen LogP contribution in [0.3, 0.4) is 0 Å². The molecule has 0 heterocycles. The second-order valence-electron chi connectivity index (χ2n) is 5.73. The Bertz CT molecular complexity index is 907. The van der Waals surface area contributed by atoms with Crippen LogP contribution in [0.15, 0.2) is 52.3 Å². The Morgan fingerprint density at radius 3 is 2.36 bits per heavy atom. The summed E-state index contributed by atoms with van der Waals surface area (Å²) in [7, 11) is -4.02. The lowest BCUT2D eigenvalue weighted by Crippen LogP contribution is -2.31. The summed E-state index contributed by atoms with van der Waals surface area (Å²) >= 11 is 1.53. The van der Waals surface area contributed by atoms with Crippen LogP contribution in [0, 0.1) is 17.5 Å². The van der Waals surface area contributed by atoms with Crippen molar-refractivity contribution >= 4 is 27.7 Å². The molecule has 2 aromatic carbocycles. The highest BCUT2D eigenvalue weighted by Gasteiger charge is 2.16. The zero-order valence-corrected chi connectivity index (χ0v) is 16.4. The molecule has 0 atom stereocenters. The van der Waals surface area contributed by atoms with Gasteiger partial charge in [-0.25, -0.2) is 26.3 Å². The number of carbonyl (C=O) groups is 1. The second-order valence-corrected chi connectivity index (χ2v) is 8.66. The summed E-state index contributed by atoms with van der Waals surface area (Å²) in [5, 5.41) is 2.66. The summed E-state index contributed by atoms with van der Waals surface area (Å²) < 4.78 is 64.9. The molecule has 0 radical (unpaired) electrons. The number of amides is 1. The van der Waals surface area contributed by atoms with E-state index >= 15 is 0 Å². The highest BCUT2D eigenvalue weighted by molar-refractivity contribution is 7.99. The maximum absolute atomic E-state index is 13.1. The minimum Gasteiger partial charge on any atom is -0.356 e. The van der Waals surface area contributed by atoms with Gasteiger partial charge in [-0.3, -0.25) is 4.79 Å². The van der Waals surface area contributed by atoms with Gasteiger partial charge < -0.3 is 5.32 Å². The highest BCUT2D eigenvalue weighted by Crippen LogP contribution is 2.18. The van der Waals surface area contributed by atoms with Crippen LogP contribution in [0.4, 0.5) is 13.2 Å². The van der Waals surface area contributed by atoms with E-state index in [1.54, 1.807) is 12.1 Å². The van der Waals surface area contributed by atoms with Crippen molar-refractivity contribution in [3.63, 3.8) is 0 Å². The molecule has 10 heteroatoms. The summed E-state index contributed by atoms with van der Waals surface area (Å²) in [6.45, 7) is 0.250. The van der Waals surface area contributed by atoms with Gasteiger partial charge in [0.05, 0.1) is 4.90 Å². The molecule has 0 aromatic heterocycles. The lowest BCUT2D eigenvalue weighted by Gasteiger charge is -2.08. The van der Waals surface area contributed by atoms with Gasteiger partial charge in [0.1, 0.15) is 5.82 Å². The third kappa shape index (κ3) is 7.17. The summed E-state index contributed by atoms with van der Waals surface area (Å²) in [6.07, 6.45) is 0.600. The van der Waals surface area contributed by atoms with Gasteiger partial charge in [0, 0.05) is 24.4 Å². The van der Waals surface area contributed by atoms with Crippen LogP contribution < -0.4 is 10.0 Å². The van der Waals surface area contributed by atoms with Gasteiger partial charge >= 0.3 is 0 Å². The quantitative estimate of drug-likeness (QED) is 0.447. The monoisotopic (exact) mass is 432 g/mol. The largest absolute Gasteiger partial charge is 0.356 e. The number of nitrogens with one attached hydrogen (secondary N) is 2. The Labute approximate surface area is 165 Å². The van der Waals surface area contributed by atoms with Crippen molar-refractivity contribution in [2.24, 2.45) is 0 Å². The first kappa shape index (κ1) is 22.3. The molecule has 152 valence electrons. The predicted octanol–water partition coefficient (Wildman–Crippen LogP) is 3.07. The second kappa shape index (κ2) is 10.5. The number of thioether (sulfide) groups is 1. The first-order chi connectivity index (χ1) is 13.3. The van der Waals surface area contributed by atoms with E-state index in [-0.39, 0.29) is 24.7 Å². The van der Waals surface area contributed by atoms with E-state index in [1.807, 2.05) is 0 Å². The molecule has 0 aliphatic carbocycles. The van der Waals surface area contributed by atoms with Crippen LogP contribution in [0.25, 0.3) is 0 Å². The number of carbonyl (C=O) groups excluding carboxylic acids is 1.